The number of carboxylic acids is 2. The predicted octanol–water partition coefficient (Wildman–Crippen LogP) is 3.97. The lowest BCUT2D eigenvalue weighted by Crippen LogP contribution is -2.28. The Kier molecular flexibility index (Phi) is 10.0. The Morgan fingerprint density at radius 3 is 1.74 bits per heavy atom. The van der Waals surface area contributed by atoms with E-state index < -0.39 is 24.3 Å². The van der Waals surface area contributed by atoms with Crippen LogP contribution in [-0.4, -0.2) is 75.5 Å². The van der Waals surface area contributed by atoms with Gasteiger partial charge in [0.15, 0.2) is 0 Å². The van der Waals surface area contributed by atoms with Gasteiger partial charge in [-0.2, -0.15) is 37.7 Å². The molecule has 0 aliphatic carbocycles. The summed E-state index contributed by atoms with van der Waals surface area (Å²) in [6.07, 6.45) is -8.27. The van der Waals surface area contributed by atoms with Crippen LogP contribution in [-0.2, 0) is 22.7 Å². The van der Waals surface area contributed by atoms with E-state index in [2.05, 4.69) is 43.7 Å². The minimum absolute atomic E-state index is 0.854. The average Bonchev–Trinajstić information content (AvgIpc) is 3.46. The third-order valence-corrected chi connectivity index (χ3v) is 5.95. The van der Waals surface area contributed by atoms with Crippen LogP contribution in [0.1, 0.15) is 11.3 Å². The van der Waals surface area contributed by atoms with Gasteiger partial charge in [0.1, 0.15) is 0 Å². The number of halogens is 6. The van der Waals surface area contributed by atoms with Crippen LogP contribution in [0.2, 0.25) is 0 Å². The first-order valence-corrected chi connectivity index (χ1v) is 11.2. The molecule has 2 N–H and O–H groups in total. The van der Waals surface area contributed by atoms with Gasteiger partial charge in [-0.25, -0.2) is 9.59 Å². The minimum atomic E-state index is -5.08. The highest BCUT2D eigenvalue weighted by atomic mass is 32.1. The molecule has 2 aromatic heterocycles. The van der Waals surface area contributed by atoms with Crippen molar-refractivity contribution in [3.63, 3.8) is 0 Å². The van der Waals surface area contributed by atoms with Crippen molar-refractivity contribution in [2.45, 2.75) is 25.4 Å². The Hall–Kier alpha value is -2.71. The molecule has 0 spiro atoms. The van der Waals surface area contributed by atoms with Crippen molar-refractivity contribution in [2.75, 3.05) is 26.2 Å². The van der Waals surface area contributed by atoms with Crippen LogP contribution in [0.15, 0.2) is 41.2 Å². The van der Waals surface area contributed by atoms with Gasteiger partial charge in [0.05, 0.1) is 5.69 Å². The number of pyridine rings is 1. The molecule has 0 radical (unpaired) electrons. The molecule has 35 heavy (non-hydrogen) atoms. The number of carbonyl (C=O) groups is 2. The molecule has 14 heteroatoms. The van der Waals surface area contributed by atoms with Gasteiger partial charge in [-0.05, 0) is 46.4 Å². The van der Waals surface area contributed by atoms with Gasteiger partial charge in [0.2, 0.25) is 0 Å². The molecule has 7 nitrogen and oxygen atoms in total. The second kappa shape index (κ2) is 12.3. The summed E-state index contributed by atoms with van der Waals surface area (Å²) in [5.41, 5.74) is 2.68. The number of hydrogen-bond acceptors (Lipinski definition) is 6. The molecule has 0 aromatic carbocycles. The van der Waals surface area contributed by atoms with Gasteiger partial charge in [-0.3, -0.25) is 14.8 Å². The lowest BCUT2D eigenvalue weighted by Gasteiger charge is -2.20. The molecule has 194 valence electrons. The van der Waals surface area contributed by atoms with Crippen LogP contribution >= 0.6 is 11.3 Å². The van der Waals surface area contributed by atoms with Crippen molar-refractivity contribution >= 4 is 23.3 Å². The van der Waals surface area contributed by atoms with Crippen LogP contribution in [0.25, 0.3) is 0 Å². The van der Waals surface area contributed by atoms with Crippen LogP contribution in [0, 0.1) is 11.8 Å². The van der Waals surface area contributed by atoms with E-state index >= 15 is 0 Å². The first kappa shape index (κ1) is 28.5. The normalized spacial score (nSPS) is 20.3. The fraction of sp³-hybridized carbons (Fsp3) is 0.476. The van der Waals surface area contributed by atoms with E-state index in [0.717, 1.165) is 24.9 Å². The van der Waals surface area contributed by atoms with Crippen molar-refractivity contribution in [1.82, 2.24) is 14.8 Å². The zero-order valence-electron chi connectivity index (χ0n) is 18.2. The second-order valence-corrected chi connectivity index (χ2v) is 8.75. The molecule has 2 saturated heterocycles. The lowest BCUT2D eigenvalue weighted by atomic mass is 10.0. The number of likely N-dealkylation sites (tertiary alicyclic amines) is 2. The maximum Gasteiger partial charge on any atom is 0.490 e. The molecule has 2 aliphatic rings. The van der Waals surface area contributed by atoms with Gasteiger partial charge in [0.25, 0.3) is 0 Å². The maximum absolute atomic E-state index is 10.6. The Morgan fingerprint density at radius 1 is 0.886 bits per heavy atom. The monoisotopic (exact) mass is 527 g/mol. The number of alkyl halides is 6. The summed E-state index contributed by atoms with van der Waals surface area (Å²) < 4.78 is 63.5. The van der Waals surface area contributed by atoms with Crippen LogP contribution in [0.4, 0.5) is 26.3 Å². The molecule has 4 heterocycles. The van der Waals surface area contributed by atoms with Crippen molar-refractivity contribution in [1.29, 1.82) is 0 Å². The highest BCUT2D eigenvalue weighted by molar-refractivity contribution is 7.07. The molecular weight excluding hydrogens is 504 g/mol. The SMILES string of the molecule is O=C(O)C(F)(F)F.O=C(O)C(F)(F)F.c1ccc(CN2CC3CN(Cc4ccsc4)CC3C2)nc1. The third-order valence-electron chi connectivity index (χ3n) is 5.22. The van der Waals surface area contributed by atoms with Crippen molar-refractivity contribution in [3.8, 4) is 0 Å². The van der Waals surface area contributed by atoms with Crippen LogP contribution in [0.3, 0.4) is 0 Å². The topological polar surface area (TPSA) is 94.0 Å². The number of fused-ring (bicyclic) bond motifs is 1. The van der Waals surface area contributed by atoms with Crippen LogP contribution < -0.4 is 0 Å². The van der Waals surface area contributed by atoms with Crippen LogP contribution in [0.5, 0.6) is 0 Å². The minimum Gasteiger partial charge on any atom is -0.475 e. The van der Waals surface area contributed by atoms with Gasteiger partial charge in [0, 0.05) is 45.5 Å². The van der Waals surface area contributed by atoms with E-state index in [9.17, 15) is 26.3 Å². The van der Waals surface area contributed by atoms with E-state index in [1.54, 1.807) is 11.3 Å². The summed E-state index contributed by atoms with van der Waals surface area (Å²) in [4.78, 5) is 27.5. The van der Waals surface area contributed by atoms with E-state index in [-0.39, 0.29) is 0 Å². The van der Waals surface area contributed by atoms with Gasteiger partial charge in [-0.15, -0.1) is 0 Å². The van der Waals surface area contributed by atoms with Gasteiger partial charge >= 0.3 is 24.3 Å². The van der Waals surface area contributed by atoms with E-state index in [1.165, 1.54) is 37.4 Å². The molecule has 2 aromatic rings. The maximum atomic E-state index is 10.6. The summed E-state index contributed by atoms with van der Waals surface area (Å²) in [6, 6.07) is 8.47. The summed E-state index contributed by atoms with van der Waals surface area (Å²) >= 11 is 1.80. The number of rotatable bonds is 4. The standard InChI is InChI=1S/C17H21N3S.2C2HF3O2/c1-2-5-18-17(3-1)12-20-10-15-8-19(9-16(15)11-20)7-14-4-6-21-13-14;2*3-2(4,5)1(6)7/h1-6,13,15-16H,7-12H2;2*(H,6,7). The third kappa shape index (κ3) is 9.82. The molecule has 4 rings (SSSR count). The second-order valence-electron chi connectivity index (χ2n) is 7.97. The quantitative estimate of drug-likeness (QED) is 0.582. The largest absolute Gasteiger partial charge is 0.490 e. The number of aliphatic carboxylic acids is 2. The first-order valence-electron chi connectivity index (χ1n) is 10.2. The number of thiophene rings is 1. The zero-order valence-corrected chi connectivity index (χ0v) is 19.0. The predicted molar refractivity (Wildman–Crippen MR) is 113 cm³/mol. The highest BCUT2D eigenvalue weighted by Gasteiger charge is 2.40. The van der Waals surface area contributed by atoms with Crippen molar-refractivity contribution < 1.29 is 46.1 Å². The number of hydrogen-bond donors (Lipinski definition) is 2. The van der Waals surface area contributed by atoms with E-state index in [4.69, 9.17) is 19.8 Å². The summed E-state index contributed by atoms with van der Waals surface area (Å²) in [7, 11) is 0. The molecule has 0 saturated carbocycles. The Bertz CT molecular complexity index is 903. The van der Waals surface area contributed by atoms with Gasteiger partial charge < -0.3 is 10.2 Å². The molecule has 2 aliphatic heterocycles. The Labute approximate surface area is 200 Å². The smallest absolute Gasteiger partial charge is 0.475 e. The first-order chi connectivity index (χ1) is 16.3. The lowest BCUT2D eigenvalue weighted by molar-refractivity contribution is -0.193. The molecule has 2 fully saturated rings. The summed E-state index contributed by atoms with van der Waals surface area (Å²) in [5.74, 6) is -3.81. The molecule has 0 amide bonds. The number of nitrogens with zero attached hydrogens (tertiary/aromatic N) is 3. The number of aromatic nitrogens is 1. The molecule has 2 atom stereocenters. The average molecular weight is 527 g/mol. The van der Waals surface area contributed by atoms with Crippen molar-refractivity contribution in [2.24, 2.45) is 11.8 Å². The van der Waals surface area contributed by atoms with Gasteiger partial charge in [-0.1, -0.05) is 6.07 Å². The fourth-order valence-electron chi connectivity index (χ4n) is 3.81. The number of carboxylic acid groups (broad SMARTS) is 2. The Morgan fingerprint density at radius 2 is 1.37 bits per heavy atom. The fourth-order valence-corrected chi connectivity index (χ4v) is 4.47. The zero-order chi connectivity index (χ0) is 26.2. The molecule has 2 unspecified atom stereocenters. The molecular formula is C21H23F6N3O4S. The molecule has 0 bridgehead atoms. The summed E-state index contributed by atoms with van der Waals surface area (Å²) in [6.45, 7) is 7.15. The summed E-state index contributed by atoms with van der Waals surface area (Å²) in [5, 5.41) is 18.7. The van der Waals surface area contributed by atoms with Crippen molar-refractivity contribution in [3.05, 3.63) is 52.5 Å². The Balaban J connectivity index is 0.000000257. The van der Waals surface area contributed by atoms with E-state index in [0.29, 0.717) is 0 Å². The van der Waals surface area contributed by atoms with E-state index in [1.807, 2.05) is 12.3 Å². The highest BCUT2D eigenvalue weighted by Crippen LogP contribution is 2.32.